The maximum atomic E-state index is 13.3. The molecule has 0 unspecified atom stereocenters. The van der Waals surface area contributed by atoms with Gasteiger partial charge in [0.25, 0.3) is 11.8 Å². The van der Waals surface area contributed by atoms with Gasteiger partial charge in [-0.15, -0.1) is 0 Å². The van der Waals surface area contributed by atoms with E-state index in [0.29, 0.717) is 40.8 Å². The zero-order chi connectivity index (χ0) is 22.1. The monoisotopic (exact) mass is 424 g/mol. The third-order valence-electron chi connectivity index (χ3n) is 5.03. The molecule has 2 aromatic carbocycles. The Hall–Kier alpha value is -3.68. The van der Waals surface area contributed by atoms with Gasteiger partial charge in [0.05, 0.1) is 19.8 Å². The largest absolute Gasteiger partial charge is 0.493 e. The average molecular weight is 424 g/mol. The molecule has 2 aromatic rings. The lowest BCUT2D eigenvalue weighted by atomic mass is 10.0. The molecule has 162 valence electrons. The van der Waals surface area contributed by atoms with Crippen molar-refractivity contribution in [1.82, 2.24) is 4.90 Å². The number of ether oxygens (including phenoxy) is 4. The van der Waals surface area contributed by atoms with Crippen LogP contribution in [0.2, 0.25) is 0 Å². The lowest BCUT2D eigenvalue weighted by molar-refractivity contribution is -0.137. The Morgan fingerprint density at radius 1 is 0.968 bits per heavy atom. The number of fused-ring (bicyclic) bond motifs is 1. The van der Waals surface area contributed by atoms with Gasteiger partial charge in [0.2, 0.25) is 6.79 Å². The van der Waals surface area contributed by atoms with Crippen LogP contribution in [0.5, 0.6) is 23.0 Å². The van der Waals surface area contributed by atoms with E-state index in [1.165, 1.54) is 19.1 Å². The van der Waals surface area contributed by atoms with Crippen molar-refractivity contribution in [3.05, 3.63) is 47.7 Å². The van der Waals surface area contributed by atoms with Crippen LogP contribution in [-0.2, 0) is 9.59 Å². The number of imide groups is 1. The summed E-state index contributed by atoms with van der Waals surface area (Å²) in [5.41, 5.74) is 1.66. The first-order valence-electron chi connectivity index (χ1n) is 9.92. The van der Waals surface area contributed by atoms with Crippen LogP contribution in [0.1, 0.15) is 19.4 Å². The molecule has 8 heteroatoms. The van der Waals surface area contributed by atoms with Crippen molar-refractivity contribution < 1.29 is 28.5 Å². The van der Waals surface area contributed by atoms with Gasteiger partial charge >= 0.3 is 0 Å². The highest BCUT2D eigenvalue weighted by molar-refractivity contribution is 6.36. The molecule has 0 spiro atoms. The average Bonchev–Trinajstić information content (AvgIpc) is 3.31. The molecule has 4 rings (SSSR count). The van der Waals surface area contributed by atoms with Gasteiger partial charge in [-0.05, 0) is 35.7 Å². The van der Waals surface area contributed by atoms with Crippen molar-refractivity contribution in [2.24, 2.45) is 5.92 Å². The smallest absolute Gasteiger partial charge is 0.278 e. The van der Waals surface area contributed by atoms with Crippen LogP contribution in [0.25, 0.3) is 5.57 Å². The maximum absolute atomic E-state index is 13.3. The number of methoxy groups -OCH3 is 2. The van der Waals surface area contributed by atoms with Gasteiger partial charge in [0.15, 0.2) is 23.0 Å². The molecule has 2 aliphatic heterocycles. The number of benzene rings is 2. The maximum Gasteiger partial charge on any atom is 0.278 e. The molecule has 0 saturated heterocycles. The highest BCUT2D eigenvalue weighted by Gasteiger charge is 2.39. The van der Waals surface area contributed by atoms with Gasteiger partial charge in [0.1, 0.15) is 5.70 Å². The first kappa shape index (κ1) is 20.6. The predicted octanol–water partition coefficient (Wildman–Crippen LogP) is 3.28. The van der Waals surface area contributed by atoms with Crippen LogP contribution in [0.4, 0.5) is 5.69 Å². The molecule has 31 heavy (non-hydrogen) atoms. The Morgan fingerprint density at radius 2 is 1.71 bits per heavy atom. The third-order valence-corrected chi connectivity index (χ3v) is 5.03. The molecule has 2 aliphatic rings. The molecule has 8 nitrogen and oxygen atoms in total. The summed E-state index contributed by atoms with van der Waals surface area (Å²) in [6.07, 6.45) is 0. The van der Waals surface area contributed by atoms with Crippen molar-refractivity contribution >= 4 is 23.1 Å². The van der Waals surface area contributed by atoms with Crippen LogP contribution in [0, 0.1) is 5.92 Å². The van der Waals surface area contributed by atoms with E-state index >= 15 is 0 Å². The van der Waals surface area contributed by atoms with Crippen LogP contribution in [0.15, 0.2) is 42.1 Å². The summed E-state index contributed by atoms with van der Waals surface area (Å²) in [5, 5.41) is 3.13. The summed E-state index contributed by atoms with van der Waals surface area (Å²) in [4.78, 5) is 27.8. The second-order valence-corrected chi connectivity index (χ2v) is 7.63. The van der Waals surface area contributed by atoms with Gasteiger partial charge in [-0.1, -0.05) is 19.9 Å². The Morgan fingerprint density at radius 3 is 2.42 bits per heavy atom. The molecule has 0 aromatic heterocycles. The number of anilines is 1. The van der Waals surface area contributed by atoms with Crippen molar-refractivity contribution in [3.8, 4) is 23.0 Å². The number of hydrogen-bond donors (Lipinski definition) is 1. The lowest BCUT2D eigenvalue weighted by Crippen LogP contribution is -2.35. The van der Waals surface area contributed by atoms with E-state index in [2.05, 4.69) is 5.32 Å². The second kappa shape index (κ2) is 8.22. The van der Waals surface area contributed by atoms with E-state index < -0.39 is 0 Å². The van der Waals surface area contributed by atoms with Gasteiger partial charge in [-0.25, -0.2) is 0 Å². The van der Waals surface area contributed by atoms with Gasteiger partial charge in [-0.3, -0.25) is 14.5 Å². The molecule has 0 radical (unpaired) electrons. The van der Waals surface area contributed by atoms with Gasteiger partial charge in [-0.2, -0.15) is 0 Å². The minimum absolute atomic E-state index is 0.129. The van der Waals surface area contributed by atoms with Gasteiger partial charge in [0, 0.05) is 18.3 Å². The molecule has 0 atom stereocenters. The fourth-order valence-electron chi connectivity index (χ4n) is 3.60. The fraction of sp³-hybridized carbons (Fsp3) is 0.304. The molecule has 0 saturated carbocycles. The fourth-order valence-corrected chi connectivity index (χ4v) is 3.60. The minimum atomic E-state index is -0.374. The second-order valence-electron chi connectivity index (χ2n) is 7.63. The first-order chi connectivity index (χ1) is 14.9. The molecule has 2 heterocycles. The zero-order valence-electron chi connectivity index (χ0n) is 17.9. The van der Waals surface area contributed by atoms with E-state index in [0.717, 1.165) is 0 Å². The standard InChI is InChI=1S/C23H24N2O6/c1-13(2)11-25-22(26)20(14-5-7-16(28-3)18(9-14)29-4)21(23(25)27)24-15-6-8-17-19(10-15)31-12-30-17/h5-10,13,24H,11-12H2,1-4H3. The lowest BCUT2D eigenvalue weighted by Gasteiger charge is -2.17. The topological polar surface area (TPSA) is 86.3 Å². The Kier molecular flexibility index (Phi) is 5.46. The van der Waals surface area contributed by atoms with Crippen LogP contribution >= 0.6 is 0 Å². The molecule has 0 aliphatic carbocycles. The molecular weight excluding hydrogens is 400 g/mol. The molecule has 0 fully saturated rings. The predicted molar refractivity (Wildman–Crippen MR) is 114 cm³/mol. The van der Waals surface area contributed by atoms with E-state index in [1.807, 2.05) is 13.8 Å². The third kappa shape index (κ3) is 3.76. The number of carbonyl (C=O) groups excluding carboxylic acids is 2. The quantitative estimate of drug-likeness (QED) is 0.683. The van der Waals surface area contributed by atoms with E-state index in [-0.39, 0.29) is 35.8 Å². The highest BCUT2D eigenvalue weighted by Crippen LogP contribution is 2.38. The number of nitrogens with one attached hydrogen (secondary N) is 1. The number of carbonyl (C=O) groups is 2. The zero-order valence-corrected chi connectivity index (χ0v) is 17.9. The number of nitrogens with zero attached hydrogens (tertiary/aromatic N) is 1. The number of hydrogen-bond acceptors (Lipinski definition) is 7. The van der Waals surface area contributed by atoms with Crippen molar-refractivity contribution in [1.29, 1.82) is 0 Å². The van der Waals surface area contributed by atoms with Crippen LogP contribution < -0.4 is 24.3 Å². The van der Waals surface area contributed by atoms with E-state index in [9.17, 15) is 9.59 Å². The summed E-state index contributed by atoms with van der Waals surface area (Å²) in [6, 6.07) is 10.4. The normalized spacial score (nSPS) is 15.2. The highest BCUT2D eigenvalue weighted by atomic mass is 16.7. The summed E-state index contributed by atoms with van der Waals surface area (Å²) in [6.45, 7) is 4.39. The first-order valence-corrected chi connectivity index (χ1v) is 9.92. The SMILES string of the molecule is COc1ccc(C2=C(Nc3ccc4c(c3)OCO4)C(=O)N(CC(C)C)C2=O)cc1OC. The number of amides is 2. The molecule has 0 bridgehead atoms. The molecule has 2 amide bonds. The van der Waals surface area contributed by atoms with Crippen LogP contribution in [-0.4, -0.2) is 44.3 Å². The van der Waals surface area contributed by atoms with Crippen molar-refractivity contribution in [3.63, 3.8) is 0 Å². The Bertz CT molecular complexity index is 1080. The summed E-state index contributed by atoms with van der Waals surface area (Å²) >= 11 is 0. The number of rotatable bonds is 7. The van der Waals surface area contributed by atoms with Gasteiger partial charge < -0.3 is 24.3 Å². The van der Waals surface area contributed by atoms with Crippen molar-refractivity contribution in [2.45, 2.75) is 13.8 Å². The Labute approximate surface area is 180 Å². The van der Waals surface area contributed by atoms with E-state index in [1.54, 1.807) is 36.4 Å². The summed E-state index contributed by atoms with van der Waals surface area (Å²) in [7, 11) is 3.06. The minimum Gasteiger partial charge on any atom is -0.493 e. The molecule has 1 N–H and O–H groups in total. The summed E-state index contributed by atoms with van der Waals surface area (Å²) < 4.78 is 21.4. The molecular formula is C23H24N2O6. The summed E-state index contributed by atoms with van der Waals surface area (Å²) in [5.74, 6) is 1.62. The van der Waals surface area contributed by atoms with Crippen LogP contribution in [0.3, 0.4) is 0 Å². The Balaban J connectivity index is 1.78. The van der Waals surface area contributed by atoms with Crippen molar-refractivity contribution in [2.75, 3.05) is 32.9 Å². The van der Waals surface area contributed by atoms with E-state index in [4.69, 9.17) is 18.9 Å².